The first-order valence-electron chi connectivity index (χ1n) is 36.6. The molecule has 0 fully saturated rings. The van der Waals surface area contributed by atoms with E-state index in [9.17, 15) is 37.1 Å². The van der Waals surface area contributed by atoms with E-state index in [1.165, 1.54) is 11.3 Å². The molecule has 0 spiro atoms. The smallest absolute Gasteiger partial charge is 0.444 e. The van der Waals surface area contributed by atoms with E-state index >= 15 is 0 Å². The molecule has 0 unspecified atom stereocenters. The van der Waals surface area contributed by atoms with E-state index in [1.54, 1.807) is 52.8 Å². The number of halogens is 3. The highest BCUT2D eigenvalue weighted by molar-refractivity contribution is 7.16. The van der Waals surface area contributed by atoms with E-state index in [4.69, 9.17) is 53.3 Å². The van der Waals surface area contributed by atoms with E-state index in [-0.39, 0.29) is 61.8 Å². The van der Waals surface area contributed by atoms with Gasteiger partial charge in [0.2, 0.25) is 23.7 Å². The molecule has 0 saturated heterocycles. The monoisotopic (exact) mass is 1680 g/mol. The maximum absolute atomic E-state index is 12.6. The number of fused-ring (bicyclic) bond motifs is 8. The summed E-state index contributed by atoms with van der Waals surface area (Å²) < 4.78 is 56.7. The normalized spacial score (nSPS) is 13.2. The van der Waals surface area contributed by atoms with Crippen LogP contribution in [0.5, 0.6) is 0 Å². The molecule has 0 bridgehead atoms. The highest BCUT2D eigenvalue weighted by atomic mass is 32.1. The summed E-state index contributed by atoms with van der Waals surface area (Å²) >= 11 is 6.17. The second-order valence-electron chi connectivity index (χ2n) is 27.8. The van der Waals surface area contributed by atoms with Crippen LogP contribution in [0.4, 0.5) is 40.1 Å². The number of carbonyl (C=O) groups excluding carboxylic acids is 11. The molecule has 614 valence electrons. The fourth-order valence-corrected chi connectivity index (χ4v) is 17.4. The number of rotatable bonds is 15. The molecule has 32 nitrogen and oxygen atoms in total. The lowest BCUT2D eigenvalue weighted by atomic mass is 10.1. The fourth-order valence-electron chi connectivity index (χ4n) is 13.1. The molecule has 0 aliphatic carbocycles. The fraction of sp³-hybridized carbons (Fsp3) is 0.385. The van der Waals surface area contributed by atoms with Crippen molar-refractivity contribution in [1.82, 2.24) is 77.7 Å². The highest BCUT2D eigenvalue weighted by Gasteiger charge is 2.44. The molecular formula is C78H83F3N18O14S4. The number of amides is 4. The minimum Gasteiger partial charge on any atom is -0.444 e. The number of Topliss-reactive ketones (excluding diaryl/α,β-unsaturated/α-hetero) is 1. The molecule has 16 rings (SSSR count). The Morgan fingerprint density at radius 1 is 0.487 bits per heavy atom. The van der Waals surface area contributed by atoms with Crippen LogP contribution in [0, 0.1) is 0 Å². The van der Waals surface area contributed by atoms with E-state index in [0.29, 0.717) is 89.6 Å². The van der Waals surface area contributed by atoms with Gasteiger partial charge in [-0.05, 0) is 81.8 Å². The zero-order chi connectivity index (χ0) is 84.4. The van der Waals surface area contributed by atoms with Crippen molar-refractivity contribution in [3.05, 3.63) is 161 Å². The predicted octanol–water partition coefficient (Wildman–Crippen LogP) is 10.6. The van der Waals surface area contributed by atoms with Crippen molar-refractivity contribution in [2.24, 2.45) is 28.2 Å². The van der Waals surface area contributed by atoms with Crippen LogP contribution in [-0.2, 0) is 146 Å². The Labute approximate surface area is 683 Å². The Morgan fingerprint density at radius 3 is 1.30 bits per heavy atom. The highest BCUT2D eigenvalue weighted by Crippen LogP contribution is 2.36. The van der Waals surface area contributed by atoms with Gasteiger partial charge in [0.1, 0.15) is 27.3 Å². The molecular weight excluding hydrogens is 1600 g/mol. The summed E-state index contributed by atoms with van der Waals surface area (Å²) in [7, 11) is 7.88. The summed E-state index contributed by atoms with van der Waals surface area (Å²) in [5, 5.41) is 18.8. The summed E-state index contributed by atoms with van der Waals surface area (Å²) in [6.45, 7) is 13.5. The molecule has 12 aromatic rings. The summed E-state index contributed by atoms with van der Waals surface area (Å²) in [5.74, 6) is 1.74. The first-order chi connectivity index (χ1) is 55.9. The predicted molar refractivity (Wildman–Crippen MR) is 425 cm³/mol. The molecule has 4 aliphatic heterocycles. The van der Waals surface area contributed by atoms with Crippen molar-refractivity contribution >= 4 is 160 Å². The van der Waals surface area contributed by atoms with Crippen molar-refractivity contribution in [2.45, 2.75) is 124 Å². The maximum Gasteiger partial charge on any atom is 0.471 e. The molecule has 3 N–H and O–H groups in total. The topological polar surface area (TPSA) is 386 Å². The van der Waals surface area contributed by atoms with Crippen LogP contribution in [-0.4, -0.2) is 189 Å². The minimum absolute atomic E-state index is 0.0128. The standard InChI is InChI=1S/C22H27N5O4S.C20H24N4O2S.C17H15F3N4OS.C16H17N5OS.3CO2/c1-14(29)27-8-7-16-20(13-27)32-22(24-16)25-21-23-17-12-15(5-6-18(17)26(21)2)19(30)4-3-10-31-11-9-28;1-20(2,3)26-19(25)24-10-9-14-16(12-24)27-18(22-14)11-17-21-13-7-5-6-8-15(13)23(17)4;1-23-12-5-3-2-4-10(12)21-14(23)8-15-22-11-6-7-24(9-13(11)26-15)16(25)17(18,19)20;1-10(22)21-8-7-12-14(9-21)23-16(18-12)19-15-17-11-5-3-4-6-13(11)20(15)2;3*2-1-3/h5-6,12,28H,3-4,7-11,13H2,1-2H3,(H,23,24,25);5-8H,9-12H2,1-4H3;2-5H,6-9H2,1H3;3-6H,7-9H2,1-2H3,(H,17,18,19);;;. The van der Waals surface area contributed by atoms with Crippen LogP contribution in [0.1, 0.15) is 122 Å². The SMILES string of the molecule is CC(=O)N1CCc2nc(Nc3nc4cc(C(=O)CCCOCCO)ccc4n3C)sc2C1.CC(=O)N1CCc2nc(Nc3nc4ccccc4n3C)sc2C1.Cn1c(Cc2nc3c(s2)CN(C(=O)C(F)(F)F)CC3)nc2ccccc21.Cn1c(Cc2nc3c(s2)CN(C(=O)OC(C)(C)C)CC3)nc2ccccc21.O=C=O.O=C=O.O=C=O. The summed E-state index contributed by atoms with van der Waals surface area (Å²) in [4.78, 5) is 156. The van der Waals surface area contributed by atoms with Crippen molar-refractivity contribution in [2.75, 3.05) is 56.6 Å². The molecule has 4 aliphatic rings. The van der Waals surface area contributed by atoms with E-state index < -0.39 is 17.7 Å². The number of nitrogens with one attached hydrogen (secondary N) is 2. The lowest BCUT2D eigenvalue weighted by molar-refractivity contribution is -0.193. The quantitative estimate of drug-likeness (QED) is 0.0634. The first kappa shape index (κ1) is 87.5. The summed E-state index contributed by atoms with van der Waals surface area (Å²) in [5.41, 5.74) is 11.9. The van der Waals surface area contributed by atoms with Crippen molar-refractivity contribution in [1.29, 1.82) is 0 Å². The molecule has 4 aromatic carbocycles. The van der Waals surface area contributed by atoms with Gasteiger partial charge in [-0.3, -0.25) is 19.2 Å². The van der Waals surface area contributed by atoms with Gasteiger partial charge in [-0.25, -0.2) is 44.7 Å². The zero-order valence-corrected chi connectivity index (χ0v) is 68.5. The van der Waals surface area contributed by atoms with Crippen LogP contribution < -0.4 is 10.6 Å². The number of benzene rings is 4. The van der Waals surface area contributed by atoms with Crippen LogP contribution >= 0.6 is 45.3 Å². The number of ether oxygens (including phenoxy) is 2. The number of nitrogens with zero attached hydrogens (tertiary/aromatic N) is 16. The number of ketones is 1. The third kappa shape index (κ3) is 22.4. The average Bonchev–Trinajstić information content (AvgIpc) is 1.68. The number of imidazole rings is 4. The molecule has 0 radical (unpaired) electrons. The van der Waals surface area contributed by atoms with Crippen LogP contribution in [0.2, 0.25) is 0 Å². The zero-order valence-electron chi connectivity index (χ0n) is 65.3. The van der Waals surface area contributed by atoms with E-state index in [2.05, 4.69) is 51.2 Å². The number of hydrogen-bond acceptors (Lipinski definition) is 28. The molecule has 12 heterocycles. The third-order valence-corrected chi connectivity index (χ3v) is 23.0. The van der Waals surface area contributed by atoms with Gasteiger partial charge in [0.05, 0.1) is 119 Å². The number of alkyl halides is 3. The Kier molecular flexibility index (Phi) is 29.6. The first-order valence-corrected chi connectivity index (χ1v) is 39.9. The van der Waals surface area contributed by atoms with Gasteiger partial charge < -0.3 is 63.1 Å². The second kappa shape index (κ2) is 39.6. The Balaban J connectivity index is 0.000000160. The molecule has 39 heteroatoms. The Morgan fingerprint density at radius 2 is 0.872 bits per heavy atom. The largest absolute Gasteiger partial charge is 0.471 e. The van der Waals surface area contributed by atoms with Gasteiger partial charge in [-0.2, -0.15) is 41.9 Å². The van der Waals surface area contributed by atoms with Crippen molar-refractivity contribution in [3.8, 4) is 0 Å². The number of aryl methyl sites for hydroxylation is 4. The molecule has 4 amide bonds. The number of anilines is 4. The van der Waals surface area contributed by atoms with E-state index in [1.807, 2.05) is 157 Å². The minimum atomic E-state index is -4.84. The van der Waals surface area contributed by atoms with Crippen LogP contribution in [0.25, 0.3) is 44.1 Å². The number of aromatic nitrogens is 12. The maximum atomic E-state index is 12.6. The lowest BCUT2D eigenvalue weighted by Gasteiger charge is -2.29. The van der Waals surface area contributed by atoms with Crippen molar-refractivity contribution < 1.29 is 80.5 Å². The Hall–Kier alpha value is -11.9. The van der Waals surface area contributed by atoms with E-state index in [0.717, 1.165) is 155 Å². The number of thiazole rings is 4. The third-order valence-electron chi connectivity index (χ3n) is 18.8. The van der Waals surface area contributed by atoms with Gasteiger partial charge in [-0.1, -0.05) is 59.1 Å². The van der Waals surface area contributed by atoms with Gasteiger partial charge >= 0.3 is 36.6 Å². The van der Waals surface area contributed by atoms with Gasteiger partial charge in [-0.15, -0.1) is 22.7 Å². The van der Waals surface area contributed by atoms with Crippen LogP contribution in [0.3, 0.4) is 0 Å². The number of hydrogen-bond donors (Lipinski definition) is 3. The number of para-hydroxylation sites is 6. The Bertz CT molecular complexity index is 5650. The summed E-state index contributed by atoms with van der Waals surface area (Å²) in [6.07, 6.45) is 0.562. The molecule has 8 aromatic heterocycles. The van der Waals surface area contributed by atoms with Gasteiger partial charge in [0, 0.05) is 132 Å². The number of aliphatic hydroxyl groups excluding tert-OH is 1. The lowest BCUT2D eigenvalue weighted by Crippen LogP contribution is -2.43. The summed E-state index contributed by atoms with van der Waals surface area (Å²) in [6, 6.07) is 29.5. The van der Waals surface area contributed by atoms with Gasteiger partial charge in [0.25, 0.3) is 0 Å². The molecule has 0 saturated carbocycles. The molecule has 117 heavy (non-hydrogen) atoms. The second-order valence-corrected chi connectivity index (χ2v) is 32.3. The van der Waals surface area contributed by atoms with Crippen molar-refractivity contribution in [3.63, 3.8) is 0 Å². The molecule has 0 atom stereocenters. The number of carbonyl (C=O) groups is 5. The number of aliphatic hydroxyl groups is 1. The average molecular weight is 1680 g/mol. The van der Waals surface area contributed by atoms with Gasteiger partial charge in [0.15, 0.2) is 16.0 Å². The van der Waals surface area contributed by atoms with Crippen LogP contribution in [0.15, 0.2) is 91.0 Å².